The van der Waals surface area contributed by atoms with Gasteiger partial charge in [0, 0.05) is 6.07 Å². The molecule has 0 radical (unpaired) electrons. The average molecular weight is 299 g/mol. The number of nitrogen functional groups attached to an aromatic ring is 1. The van der Waals surface area contributed by atoms with Crippen LogP contribution in [0.4, 0.5) is 11.4 Å². The maximum absolute atomic E-state index is 12.0. The number of tetrazole rings is 1. The fourth-order valence-electron chi connectivity index (χ4n) is 1.35. The summed E-state index contributed by atoms with van der Waals surface area (Å²) in [7, 11) is -3.94. The molecule has 1 aromatic carbocycles. The second-order valence-corrected chi connectivity index (χ2v) is 5.40. The van der Waals surface area contributed by atoms with Gasteiger partial charge in [0.15, 0.2) is 5.82 Å². The molecule has 106 valence electrons. The molecule has 0 saturated heterocycles. The largest absolute Gasteiger partial charge is 0.393 e. The summed E-state index contributed by atoms with van der Waals surface area (Å²) in [6, 6.07) is 3.20. The maximum atomic E-state index is 12.0. The van der Waals surface area contributed by atoms with Gasteiger partial charge in [-0.15, -0.1) is 10.2 Å². The fraction of sp³-hybridized carbons (Fsp3) is 0.125. The third-order valence-corrected chi connectivity index (χ3v) is 3.72. The van der Waals surface area contributed by atoms with Gasteiger partial charge in [-0.05, 0) is 12.1 Å². The minimum atomic E-state index is -3.94. The Balaban J connectivity index is 2.25. The molecule has 2 aromatic rings. The van der Waals surface area contributed by atoms with Crippen molar-refractivity contribution in [3.05, 3.63) is 34.1 Å². The van der Waals surface area contributed by atoms with Crippen molar-refractivity contribution in [2.45, 2.75) is 11.4 Å². The Labute approximate surface area is 112 Å². The Kier molecular flexibility index (Phi) is 3.58. The monoisotopic (exact) mass is 299 g/mol. The molecule has 0 amide bonds. The van der Waals surface area contributed by atoms with Crippen LogP contribution < -0.4 is 10.5 Å². The number of nitrogens with two attached hydrogens (primary N) is 1. The van der Waals surface area contributed by atoms with Crippen LogP contribution in [0.2, 0.25) is 0 Å². The first kappa shape index (κ1) is 13.8. The summed E-state index contributed by atoms with van der Waals surface area (Å²) in [5.74, 6) is 0.138. The average Bonchev–Trinajstić information content (AvgIpc) is 2.89. The highest BCUT2D eigenvalue weighted by atomic mass is 32.2. The standard InChI is InChI=1S/C8H9N7O4S/c9-6-2-1-5(3-7(6)15(16)17)20(18,19)10-4-8-11-13-14-12-8/h1-3,10H,4,9H2,(H,11,12,13,14). The summed E-state index contributed by atoms with van der Waals surface area (Å²) < 4.78 is 26.1. The number of aromatic amines is 1. The molecule has 11 nitrogen and oxygen atoms in total. The summed E-state index contributed by atoms with van der Waals surface area (Å²) in [6.45, 7) is -0.197. The van der Waals surface area contributed by atoms with Crippen molar-refractivity contribution in [2.75, 3.05) is 5.73 Å². The number of benzene rings is 1. The Morgan fingerprint density at radius 3 is 2.80 bits per heavy atom. The van der Waals surface area contributed by atoms with Gasteiger partial charge in [-0.25, -0.2) is 13.1 Å². The van der Waals surface area contributed by atoms with Gasteiger partial charge in [0.1, 0.15) is 5.69 Å². The van der Waals surface area contributed by atoms with E-state index < -0.39 is 20.6 Å². The SMILES string of the molecule is Nc1ccc(S(=O)(=O)NCc2nn[nH]n2)cc1[N+](=O)[O-]. The molecule has 0 aliphatic heterocycles. The van der Waals surface area contributed by atoms with Crippen molar-refractivity contribution in [1.82, 2.24) is 25.3 Å². The zero-order chi connectivity index (χ0) is 14.8. The molecule has 1 heterocycles. The molecule has 0 spiro atoms. The van der Waals surface area contributed by atoms with Crippen LogP contribution in [0.25, 0.3) is 0 Å². The van der Waals surface area contributed by atoms with E-state index in [4.69, 9.17) is 5.73 Å². The number of H-pyrrole nitrogens is 1. The number of hydrogen-bond acceptors (Lipinski definition) is 8. The molecule has 0 fully saturated rings. The smallest absolute Gasteiger partial charge is 0.293 e. The lowest BCUT2D eigenvalue weighted by Crippen LogP contribution is -2.24. The van der Waals surface area contributed by atoms with E-state index in [0.717, 1.165) is 12.1 Å². The zero-order valence-electron chi connectivity index (χ0n) is 9.85. The molecule has 0 saturated carbocycles. The zero-order valence-corrected chi connectivity index (χ0v) is 10.7. The number of nitrogens with one attached hydrogen (secondary N) is 2. The molecule has 12 heteroatoms. The van der Waals surface area contributed by atoms with Crippen molar-refractivity contribution < 1.29 is 13.3 Å². The lowest BCUT2D eigenvalue weighted by atomic mass is 10.3. The Hall–Kier alpha value is -2.60. The van der Waals surface area contributed by atoms with Gasteiger partial charge in [0.2, 0.25) is 10.0 Å². The van der Waals surface area contributed by atoms with Crippen molar-refractivity contribution in [3.63, 3.8) is 0 Å². The Bertz CT molecular complexity index is 727. The van der Waals surface area contributed by atoms with Crippen molar-refractivity contribution in [3.8, 4) is 0 Å². The number of nitro groups is 1. The van der Waals surface area contributed by atoms with Gasteiger partial charge in [-0.1, -0.05) is 5.21 Å². The first-order valence-electron chi connectivity index (χ1n) is 5.16. The summed E-state index contributed by atoms with van der Waals surface area (Å²) in [5, 5.41) is 23.3. The molecular formula is C8H9N7O4S. The minimum Gasteiger partial charge on any atom is -0.393 e. The van der Waals surface area contributed by atoms with Crippen LogP contribution in [-0.4, -0.2) is 34.0 Å². The molecule has 20 heavy (non-hydrogen) atoms. The predicted molar refractivity (Wildman–Crippen MR) is 65.7 cm³/mol. The summed E-state index contributed by atoms with van der Waals surface area (Å²) in [4.78, 5) is 9.69. The number of hydrogen-bond donors (Lipinski definition) is 3. The van der Waals surface area contributed by atoms with E-state index in [1.165, 1.54) is 6.07 Å². The summed E-state index contributed by atoms with van der Waals surface area (Å²) >= 11 is 0. The summed E-state index contributed by atoms with van der Waals surface area (Å²) in [6.07, 6.45) is 0. The molecule has 0 bridgehead atoms. The van der Waals surface area contributed by atoms with Gasteiger partial charge in [0.25, 0.3) is 5.69 Å². The predicted octanol–water partition coefficient (Wildman–Crippen LogP) is -0.831. The van der Waals surface area contributed by atoms with E-state index in [1.807, 2.05) is 0 Å². The highest BCUT2D eigenvalue weighted by Gasteiger charge is 2.20. The Morgan fingerprint density at radius 2 is 2.20 bits per heavy atom. The highest BCUT2D eigenvalue weighted by molar-refractivity contribution is 7.89. The number of sulfonamides is 1. The van der Waals surface area contributed by atoms with E-state index >= 15 is 0 Å². The normalized spacial score (nSPS) is 11.4. The van der Waals surface area contributed by atoms with Crippen molar-refractivity contribution in [2.24, 2.45) is 0 Å². The minimum absolute atomic E-state index is 0.118. The Morgan fingerprint density at radius 1 is 1.45 bits per heavy atom. The van der Waals surface area contributed by atoms with Gasteiger partial charge >= 0.3 is 0 Å². The van der Waals surface area contributed by atoms with Crippen molar-refractivity contribution in [1.29, 1.82) is 0 Å². The molecule has 0 aliphatic rings. The van der Waals surface area contributed by atoms with E-state index in [9.17, 15) is 18.5 Å². The fourth-order valence-corrected chi connectivity index (χ4v) is 2.35. The summed E-state index contributed by atoms with van der Waals surface area (Å²) in [5.41, 5.74) is 4.80. The van der Waals surface area contributed by atoms with Crippen LogP contribution in [0.15, 0.2) is 23.1 Å². The quantitative estimate of drug-likeness (QED) is 0.364. The molecule has 4 N–H and O–H groups in total. The lowest BCUT2D eigenvalue weighted by Gasteiger charge is -2.05. The number of rotatable bonds is 5. The maximum Gasteiger partial charge on any atom is 0.293 e. The van der Waals surface area contributed by atoms with Gasteiger partial charge in [-0.2, -0.15) is 5.21 Å². The van der Waals surface area contributed by atoms with Gasteiger partial charge in [-0.3, -0.25) is 10.1 Å². The molecule has 0 unspecified atom stereocenters. The van der Waals surface area contributed by atoms with E-state index in [1.54, 1.807) is 0 Å². The first-order valence-corrected chi connectivity index (χ1v) is 6.64. The third kappa shape index (κ3) is 2.86. The number of anilines is 1. The number of nitro benzene ring substituents is 1. The van der Waals surface area contributed by atoms with Crippen LogP contribution in [0, 0.1) is 10.1 Å². The second kappa shape index (κ2) is 5.18. The number of nitrogens with zero attached hydrogens (tertiary/aromatic N) is 4. The lowest BCUT2D eigenvalue weighted by molar-refractivity contribution is -0.384. The van der Waals surface area contributed by atoms with E-state index in [2.05, 4.69) is 25.3 Å². The first-order chi connectivity index (χ1) is 9.40. The highest BCUT2D eigenvalue weighted by Crippen LogP contribution is 2.24. The van der Waals surface area contributed by atoms with Crippen LogP contribution >= 0.6 is 0 Å². The van der Waals surface area contributed by atoms with Crippen LogP contribution in [0.5, 0.6) is 0 Å². The van der Waals surface area contributed by atoms with E-state index in [-0.39, 0.29) is 23.0 Å². The third-order valence-electron chi connectivity index (χ3n) is 2.32. The molecular weight excluding hydrogens is 290 g/mol. The van der Waals surface area contributed by atoms with Crippen molar-refractivity contribution >= 4 is 21.4 Å². The van der Waals surface area contributed by atoms with E-state index in [0.29, 0.717) is 0 Å². The topological polar surface area (TPSA) is 170 Å². The molecule has 2 rings (SSSR count). The number of aromatic nitrogens is 4. The van der Waals surface area contributed by atoms with Gasteiger partial charge in [0.05, 0.1) is 16.4 Å². The molecule has 0 aliphatic carbocycles. The molecule has 0 atom stereocenters. The second-order valence-electron chi connectivity index (χ2n) is 3.63. The molecule has 1 aromatic heterocycles. The van der Waals surface area contributed by atoms with Crippen LogP contribution in [0.3, 0.4) is 0 Å². The van der Waals surface area contributed by atoms with Crippen LogP contribution in [-0.2, 0) is 16.6 Å². The van der Waals surface area contributed by atoms with Crippen LogP contribution in [0.1, 0.15) is 5.82 Å². The van der Waals surface area contributed by atoms with Gasteiger partial charge < -0.3 is 5.73 Å².